The number of thioether (sulfide) groups is 1. The van der Waals surface area contributed by atoms with Gasteiger partial charge in [-0.05, 0) is 35.9 Å². The number of aromatic nitrogens is 2. The Bertz CT molecular complexity index is 888. The first-order valence-electron chi connectivity index (χ1n) is 7.56. The molecular formula is C17H14ClFN4OS2. The highest BCUT2D eigenvalue weighted by Crippen LogP contribution is 2.23. The number of nitrogens with zero attached hydrogens (tertiary/aromatic N) is 2. The lowest BCUT2D eigenvalue weighted by atomic mass is 10.2. The van der Waals surface area contributed by atoms with Gasteiger partial charge in [0, 0.05) is 22.2 Å². The molecule has 5 nitrogen and oxygen atoms in total. The zero-order chi connectivity index (χ0) is 18.4. The molecule has 3 rings (SSSR count). The molecule has 0 aliphatic carbocycles. The molecule has 1 heterocycles. The molecule has 2 N–H and O–H groups in total. The van der Waals surface area contributed by atoms with Crippen LogP contribution in [-0.2, 0) is 11.5 Å². The maximum atomic E-state index is 12.9. The maximum Gasteiger partial charge on any atom is 0.325 e. The molecule has 0 bridgehead atoms. The van der Waals surface area contributed by atoms with Crippen molar-refractivity contribution in [1.82, 2.24) is 10.2 Å². The van der Waals surface area contributed by atoms with Gasteiger partial charge in [-0.2, -0.15) is 0 Å². The Labute approximate surface area is 163 Å². The Morgan fingerprint density at radius 2 is 1.92 bits per heavy atom. The Hall–Kier alpha value is -2.16. The minimum absolute atomic E-state index is 0.241. The maximum absolute atomic E-state index is 12.9. The average Bonchev–Trinajstić information content (AvgIpc) is 3.04. The number of amides is 2. The lowest BCUT2D eigenvalue weighted by Gasteiger charge is -2.04. The van der Waals surface area contributed by atoms with Gasteiger partial charge in [0.15, 0.2) is 0 Å². The number of urea groups is 1. The number of nitrogens with one attached hydrogen (secondary N) is 2. The van der Waals surface area contributed by atoms with Crippen LogP contribution in [-0.4, -0.2) is 16.2 Å². The molecule has 134 valence electrons. The van der Waals surface area contributed by atoms with Crippen LogP contribution < -0.4 is 10.6 Å². The van der Waals surface area contributed by atoms with Crippen LogP contribution in [0.15, 0.2) is 48.5 Å². The van der Waals surface area contributed by atoms with Gasteiger partial charge in [-0.3, -0.25) is 5.32 Å². The molecule has 0 fully saturated rings. The second-order valence-electron chi connectivity index (χ2n) is 5.21. The van der Waals surface area contributed by atoms with E-state index < -0.39 is 6.03 Å². The van der Waals surface area contributed by atoms with Crippen LogP contribution in [0.25, 0.3) is 0 Å². The van der Waals surface area contributed by atoms with E-state index in [1.165, 1.54) is 23.5 Å². The molecule has 1 aromatic heterocycles. The van der Waals surface area contributed by atoms with E-state index in [1.54, 1.807) is 48.2 Å². The molecule has 0 saturated carbocycles. The summed E-state index contributed by atoms with van der Waals surface area (Å²) < 4.78 is 12.9. The second kappa shape index (κ2) is 8.98. The predicted octanol–water partition coefficient (Wildman–Crippen LogP) is 5.41. The standard InChI is InChI=1S/C17H14ClFN4OS2/c18-12-2-1-3-14(8-12)20-16(24)21-17-23-22-15(26-17)10-25-9-11-4-6-13(19)7-5-11/h1-8H,9-10H2,(H2,20,21,23,24). The van der Waals surface area contributed by atoms with Gasteiger partial charge >= 0.3 is 6.03 Å². The van der Waals surface area contributed by atoms with Crippen LogP contribution in [0.3, 0.4) is 0 Å². The van der Waals surface area contributed by atoms with Gasteiger partial charge in [0.2, 0.25) is 5.13 Å². The Morgan fingerprint density at radius 3 is 2.69 bits per heavy atom. The van der Waals surface area contributed by atoms with Crippen LogP contribution in [0.4, 0.5) is 20.0 Å². The van der Waals surface area contributed by atoms with Crippen molar-refractivity contribution in [3.63, 3.8) is 0 Å². The lowest BCUT2D eigenvalue weighted by Crippen LogP contribution is -2.19. The second-order valence-corrected chi connectivity index (χ2v) is 7.69. The quantitative estimate of drug-likeness (QED) is 0.572. The fourth-order valence-electron chi connectivity index (χ4n) is 2.02. The molecule has 0 unspecified atom stereocenters. The number of carbonyl (C=O) groups is 1. The fraction of sp³-hybridized carbons (Fsp3) is 0.118. The fourth-order valence-corrected chi connectivity index (χ4v) is 3.99. The Balaban J connectivity index is 1.46. The van der Waals surface area contributed by atoms with Crippen LogP contribution in [0.5, 0.6) is 0 Å². The van der Waals surface area contributed by atoms with E-state index in [2.05, 4.69) is 20.8 Å². The minimum atomic E-state index is -0.408. The zero-order valence-corrected chi connectivity index (χ0v) is 15.8. The zero-order valence-electron chi connectivity index (χ0n) is 13.4. The van der Waals surface area contributed by atoms with Crippen molar-refractivity contribution < 1.29 is 9.18 Å². The molecule has 3 aromatic rings. The molecule has 0 aliphatic rings. The first kappa shape index (κ1) is 18.6. The van der Waals surface area contributed by atoms with E-state index >= 15 is 0 Å². The van der Waals surface area contributed by atoms with E-state index in [4.69, 9.17) is 11.6 Å². The highest BCUT2D eigenvalue weighted by molar-refractivity contribution is 7.97. The number of hydrogen-bond donors (Lipinski definition) is 2. The van der Waals surface area contributed by atoms with Crippen molar-refractivity contribution in [1.29, 1.82) is 0 Å². The highest BCUT2D eigenvalue weighted by Gasteiger charge is 2.09. The smallest absolute Gasteiger partial charge is 0.308 e. The number of carbonyl (C=O) groups excluding carboxylic acids is 1. The Morgan fingerprint density at radius 1 is 1.12 bits per heavy atom. The molecule has 2 aromatic carbocycles. The minimum Gasteiger partial charge on any atom is -0.308 e. The molecule has 26 heavy (non-hydrogen) atoms. The van der Waals surface area contributed by atoms with Gasteiger partial charge in [-0.1, -0.05) is 41.1 Å². The largest absolute Gasteiger partial charge is 0.325 e. The summed E-state index contributed by atoms with van der Waals surface area (Å²) >= 11 is 8.84. The highest BCUT2D eigenvalue weighted by atomic mass is 35.5. The van der Waals surface area contributed by atoms with Gasteiger partial charge < -0.3 is 5.32 Å². The molecule has 0 atom stereocenters. The van der Waals surface area contributed by atoms with Gasteiger partial charge in [0.1, 0.15) is 10.8 Å². The number of anilines is 2. The van der Waals surface area contributed by atoms with Gasteiger partial charge in [0.25, 0.3) is 0 Å². The van der Waals surface area contributed by atoms with Crippen LogP contribution in [0, 0.1) is 5.82 Å². The van der Waals surface area contributed by atoms with Crippen LogP contribution >= 0.6 is 34.7 Å². The third-order valence-electron chi connectivity index (χ3n) is 3.18. The number of rotatable bonds is 6. The summed E-state index contributed by atoms with van der Waals surface area (Å²) in [6.45, 7) is 0. The van der Waals surface area contributed by atoms with Crippen molar-refractivity contribution in [3.8, 4) is 0 Å². The van der Waals surface area contributed by atoms with Crippen molar-refractivity contribution in [2.45, 2.75) is 11.5 Å². The summed E-state index contributed by atoms with van der Waals surface area (Å²) in [5, 5.41) is 15.1. The third kappa shape index (κ3) is 5.69. The monoisotopic (exact) mass is 408 g/mol. The SMILES string of the molecule is O=C(Nc1cccc(Cl)c1)Nc1nnc(CSCc2ccc(F)cc2)s1. The summed E-state index contributed by atoms with van der Waals surface area (Å²) in [5.74, 6) is 1.17. The summed E-state index contributed by atoms with van der Waals surface area (Å²) in [7, 11) is 0. The van der Waals surface area contributed by atoms with Crippen LogP contribution in [0.2, 0.25) is 5.02 Å². The number of benzene rings is 2. The lowest BCUT2D eigenvalue weighted by molar-refractivity contribution is 0.262. The average molecular weight is 409 g/mol. The molecule has 9 heteroatoms. The van der Waals surface area contributed by atoms with E-state index in [0.29, 0.717) is 21.6 Å². The van der Waals surface area contributed by atoms with E-state index in [9.17, 15) is 9.18 Å². The van der Waals surface area contributed by atoms with Crippen molar-refractivity contribution in [2.75, 3.05) is 10.6 Å². The molecule has 0 saturated heterocycles. The first-order chi connectivity index (χ1) is 12.6. The predicted molar refractivity (Wildman–Crippen MR) is 105 cm³/mol. The summed E-state index contributed by atoms with van der Waals surface area (Å²) in [5.41, 5.74) is 1.63. The molecule has 0 spiro atoms. The van der Waals surface area contributed by atoms with E-state index in [-0.39, 0.29) is 5.82 Å². The normalized spacial score (nSPS) is 10.5. The van der Waals surface area contributed by atoms with Gasteiger partial charge in [-0.15, -0.1) is 22.0 Å². The van der Waals surface area contributed by atoms with Crippen molar-refractivity contribution in [3.05, 3.63) is 69.9 Å². The first-order valence-corrected chi connectivity index (χ1v) is 9.91. The van der Waals surface area contributed by atoms with Gasteiger partial charge in [0.05, 0.1) is 0 Å². The molecule has 0 radical (unpaired) electrons. The molecule has 2 amide bonds. The molecular weight excluding hydrogens is 395 g/mol. The van der Waals surface area contributed by atoms with E-state index in [1.807, 2.05) is 0 Å². The molecule has 0 aliphatic heterocycles. The van der Waals surface area contributed by atoms with Crippen LogP contribution in [0.1, 0.15) is 10.6 Å². The van der Waals surface area contributed by atoms with E-state index in [0.717, 1.165) is 16.3 Å². The Kier molecular flexibility index (Phi) is 6.43. The summed E-state index contributed by atoms with van der Waals surface area (Å²) in [4.78, 5) is 12.0. The van der Waals surface area contributed by atoms with Gasteiger partial charge in [-0.25, -0.2) is 9.18 Å². The number of hydrogen-bond acceptors (Lipinski definition) is 5. The number of halogens is 2. The third-order valence-corrected chi connectivity index (χ3v) is 5.45. The summed E-state index contributed by atoms with van der Waals surface area (Å²) in [6.07, 6.45) is 0. The summed E-state index contributed by atoms with van der Waals surface area (Å²) in [6, 6.07) is 12.9. The van der Waals surface area contributed by atoms with Crippen molar-refractivity contribution >= 4 is 51.5 Å². The topological polar surface area (TPSA) is 66.9 Å². The van der Waals surface area contributed by atoms with Crippen molar-refractivity contribution in [2.24, 2.45) is 0 Å².